The van der Waals surface area contributed by atoms with Gasteiger partial charge in [-0.3, -0.25) is 4.99 Å². The molecule has 3 aromatic rings. The number of nitriles is 1. The summed E-state index contributed by atoms with van der Waals surface area (Å²) in [5.74, 6) is 0.0221. The Labute approximate surface area is 212 Å². The van der Waals surface area contributed by atoms with Crippen LogP contribution in [0.2, 0.25) is 0 Å². The summed E-state index contributed by atoms with van der Waals surface area (Å²) in [5, 5.41) is 22.7. The molecular formula is C30H30N3O3. The highest BCUT2D eigenvalue weighted by Crippen LogP contribution is 2.38. The third kappa shape index (κ3) is 5.71. The largest absolute Gasteiger partial charge is 0.423 e. The predicted molar refractivity (Wildman–Crippen MR) is 139 cm³/mol. The molecule has 3 aromatic carbocycles. The molecule has 0 bridgehead atoms. The minimum absolute atomic E-state index is 0.0668. The number of benzene rings is 3. The van der Waals surface area contributed by atoms with Crippen molar-refractivity contribution in [2.75, 3.05) is 0 Å². The number of hydrogen-bond donors (Lipinski definition) is 0. The quantitative estimate of drug-likeness (QED) is 0.246. The minimum atomic E-state index is -0.461. The Kier molecular flexibility index (Phi) is 7.07. The zero-order valence-electron chi connectivity index (χ0n) is 21.1. The molecule has 0 unspecified atom stereocenters. The van der Waals surface area contributed by atoms with E-state index in [9.17, 15) is 10.0 Å². The van der Waals surface area contributed by atoms with Crippen LogP contribution in [0.5, 0.6) is 5.75 Å². The van der Waals surface area contributed by atoms with E-state index in [-0.39, 0.29) is 6.04 Å². The Bertz CT molecular complexity index is 1270. The van der Waals surface area contributed by atoms with Crippen LogP contribution in [0.25, 0.3) is 11.1 Å². The number of piperidine rings is 1. The second kappa shape index (κ2) is 10.1. The number of nitrogens with zero attached hydrogens (tertiary/aromatic N) is 3. The van der Waals surface area contributed by atoms with Crippen LogP contribution in [0.15, 0.2) is 77.8 Å². The summed E-state index contributed by atoms with van der Waals surface area (Å²) < 4.78 is 5.53. The lowest BCUT2D eigenvalue weighted by atomic mass is 9.79. The Balaban J connectivity index is 1.37. The lowest BCUT2D eigenvalue weighted by molar-refractivity contribution is -0.288. The first-order valence-electron chi connectivity index (χ1n) is 12.0. The minimum Gasteiger partial charge on any atom is -0.423 e. The standard InChI is InChI=1S/C30H30N3O3/c1-29(2)17-26(18-30(3,4)33(29)35)32-20-22-7-11-25(12-8-22)28(34)36-27-15-13-24(14-16-27)23-9-5-21(19-31)6-10-23/h5-16,20,26H,17-18H2,1-4H3. The molecule has 0 spiro atoms. The second-order valence-electron chi connectivity index (χ2n) is 10.5. The van der Waals surface area contributed by atoms with E-state index in [1.165, 1.54) is 5.06 Å². The van der Waals surface area contributed by atoms with Crippen LogP contribution in [0.4, 0.5) is 0 Å². The zero-order chi connectivity index (χ0) is 25.9. The van der Waals surface area contributed by atoms with Crippen molar-refractivity contribution in [1.29, 1.82) is 5.26 Å². The number of hydrogen-bond acceptors (Lipinski definition) is 5. The summed E-state index contributed by atoms with van der Waals surface area (Å²) in [6.45, 7) is 7.85. The fourth-order valence-electron chi connectivity index (χ4n) is 4.83. The van der Waals surface area contributed by atoms with Gasteiger partial charge in [-0.2, -0.15) is 5.26 Å². The van der Waals surface area contributed by atoms with Gasteiger partial charge in [0, 0.05) is 17.3 Å². The molecule has 1 saturated heterocycles. The fraction of sp³-hybridized carbons (Fsp3) is 0.300. The van der Waals surface area contributed by atoms with Gasteiger partial charge >= 0.3 is 5.97 Å². The molecule has 0 N–H and O–H groups in total. The van der Waals surface area contributed by atoms with Crippen LogP contribution in [-0.2, 0) is 5.21 Å². The number of carbonyl (C=O) groups excluding carboxylic acids is 1. The van der Waals surface area contributed by atoms with Crippen molar-refractivity contribution in [1.82, 2.24) is 5.06 Å². The fourth-order valence-corrected chi connectivity index (χ4v) is 4.83. The molecule has 1 heterocycles. The Morgan fingerprint density at radius 1 is 0.917 bits per heavy atom. The van der Waals surface area contributed by atoms with Gasteiger partial charge in [0.25, 0.3) is 0 Å². The van der Waals surface area contributed by atoms with Gasteiger partial charge in [0.05, 0.1) is 23.2 Å². The van der Waals surface area contributed by atoms with Gasteiger partial charge in [0.1, 0.15) is 5.75 Å². The molecule has 0 aromatic heterocycles. The van der Waals surface area contributed by atoms with E-state index >= 15 is 0 Å². The van der Waals surface area contributed by atoms with Crippen LogP contribution in [0.3, 0.4) is 0 Å². The van der Waals surface area contributed by atoms with Gasteiger partial charge in [-0.1, -0.05) is 36.4 Å². The van der Waals surface area contributed by atoms with Gasteiger partial charge < -0.3 is 4.74 Å². The van der Waals surface area contributed by atoms with Crippen molar-refractivity contribution in [2.24, 2.45) is 4.99 Å². The number of esters is 1. The number of carbonyl (C=O) groups is 1. The second-order valence-corrected chi connectivity index (χ2v) is 10.5. The van der Waals surface area contributed by atoms with Gasteiger partial charge in [0.2, 0.25) is 0 Å². The van der Waals surface area contributed by atoms with E-state index in [0.717, 1.165) is 16.7 Å². The normalized spacial score (nSPS) is 17.6. The van der Waals surface area contributed by atoms with Crippen molar-refractivity contribution in [3.8, 4) is 22.9 Å². The van der Waals surface area contributed by atoms with Crippen molar-refractivity contribution < 1.29 is 14.7 Å². The number of rotatable bonds is 5. The SMILES string of the molecule is CC1(C)CC(N=Cc2ccc(C(=O)Oc3ccc(-c4ccc(C#N)cc4)cc3)cc2)CC(C)(C)N1[O]. The molecule has 0 atom stereocenters. The first-order valence-corrected chi connectivity index (χ1v) is 12.0. The molecule has 6 heteroatoms. The van der Waals surface area contributed by atoms with Crippen LogP contribution in [-0.4, -0.2) is 34.4 Å². The molecule has 0 amide bonds. The van der Waals surface area contributed by atoms with Crippen LogP contribution in [0, 0.1) is 11.3 Å². The van der Waals surface area contributed by atoms with E-state index in [2.05, 4.69) is 6.07 Å². The van der Waals surface area contributed by atoms with Gasteiger partial charge in [-0.15, -0.1) is 10.3 Å². The molecule has 0 aliphatic carbocycles. The zero-order valence-corrected chi connectivity index (χ0v) is 21.1. The molecule has 1 radical (unpaired) electrons. The van der Waals surface area contributed by atoms with E-state index in [1.54, 1.807) is 36.4 Å². The van der Waals surface area contributed by atoms with Gasteiger partial charge in [-0.25, -0.2) is 4.79 Å². The lowest BCUT2D eigenvalue weighted by Crippen LogP contribution is -2.59. The molecule has 6 nitrogen and oxygen atoms in total. The highest BCUT2D eigenvalue weighted by atomic mass is 16.5. The van der Waals surface area contributed by atoms with E-state index in [0.29, 0.717) is 29.7 Å². The maximum atomic E-state index is 12.6. The van der Waals surface area contributed by atoms with Crippen molar-refractivity contribution in [3.05, 3.63) is 89.5 Å². The molecule has 1 aliphatic heterocycles. The molecule has 36 heavy (non-hydrogen) atoms. The third-order valence-corrected chi connectivity index (χ3v) is 6.56. The highest BCUT2D eigenvalue weighted by molar-refractivity contribution is 5.92. The van der Waals surface area contributed by atoms with Gasteiger partial charge in [0.15, 0.2) is 0 Å². The Morgan fingerprint density at radius 2 is 1.44 bits per heavy atom. The van der Waals surface area contributed by atoms with E-state index < -0.39 is 17.0 Å². The Hall–Kier alpha value is -3.79. The first kappa shape index (κ1) is 25.3. The average Bonchev–Trinajstić information content (AvgIpc) is 2.86. The lowest BCUT2D eigenvalue weighted by Gasteiger charge is -2.48. The predicted octanol–water partition coefficient (Wildman–Crippen LogP) is 6.23. The van der Waals surface area contributed by atoms with Gasteiger partial charge in [-0.05, 0) is 93.6 Å². The number of hydroxylamine groups is 2. The van der Waals surface area contributed by atoms with Crippen molar-refractivity contribution in [3.63, 3.8) is 0 Å². The summed E-state index contributed by atoms with van der Waals surface area (Å²) >= 11 is 0. The molecular weight excluding hydrogens is 450 g/mol. The van der Waals surface area contributed by atoms with Crippen LogP contribution < -0.4 is 4.74 Å². The molecule has 4 rings (SSSR count). The maximum absolute atomic E-state index is 12.6. The molecule has 1 aliphatic rings. The van der Waals surface area contributed by atoms with E-state index in [1.807, 2.05) is 70.3 Å². The topological polar surface area (TPSA) is 85.6 Å². The summed E-state index contributed by atoms with van der Waals surface area (Å²) in [6, 6.07) is 23.9. The molecule has 183 valence electrons. The third-order valence-electron chi connectivity index (χ3n) is 6.56. The summed E-state index contributed by atoms with van der Waals surface area (Å²) in [5.41, 5.74) is 2.98. The molecule has 0 saturated carbocycles. The summed E-state index contributed by atoms with van der Waals surface area (Å²) in [4.78, 5) is 17.4. The molecule has 1 fully saturated rings. The average molecular weight is 481 g/mol. The van der Waals surface area contributed by atoms with Crippen molar-refractivity contribution >= 4 is 12.2 Å². The number of ether oxygens (including phenoxy) is 1. The summed E-state index contributed by atoms with van der Waals surface area (Å²) in [6.07, 6.45) is 3.21. The summed E-state index contributed by atoms with van der Waals surface area (Å²) in [7, 11) is 0. The number of aliphatic imine (C=N–C) groups is 1. The monoisotopic (exact) mass is 480 g/mol. The van der Waals surface area contributed by atoms with E-state index in [4.69, 9.17) is 15.0 Å². The first-order chi connectivity index (χ1) is 17.1. The Morgan fingerprint density at radius 3 is 1.97 bits per heavy atom. The van der Waals surface area contributed by atoms with Crippen LogP contribution >= 0.6 is 0 Å². The smallest absolute Gasteiger partial charge is 0.343 e. The van der Waals surface area contributed by atoms with Crippen molar-refractivity contribution in [2.45, 2.75) is 57.7 Å². The highest BCUT2D eigenvalue weighted by Gasteiger charge is 2.45. The van der Waals surface area contributed by atoms with Crippen LogP contribution in [0.1, 0.15) is 62.0 Å². The maximum Gasteiger partial charge on any atom is 0.343 e.